The molecule has 0 spiro atoms. The third-order valence-electron chi connectivity index (χ3n) is 22.9. The van der Waals surface area contributed by atoms with Gasteiger partial charge in [0.05, 0.1) is 116 Å². The number of hydrogen-bond donors (Lipinski definition) is 8. The number of rotatable bonds is 6. The van der Waals surface area contributed by atoms with Gasteiger partial charge in [0, 0.05) is 127 Å². The van der Waals surface area contributed by atoms with Gasteiger partial charge in [-0.25, -0.2) is 9.97 Å². The van der Waals surface area contributed by atoms with Gasteiger partial charge in [0.15, 0.2) is 22.4 Å². The van der Waals surface area contributed by atoms with Crippen molar-refractivity contribution in [2.24, 2.45) is 47.3 Å². The number of hydrogen-bond acceptors (Lipinski definition) is 28. The molecule has 4 aliphatic rings. The summed E-state index contributed by atoms with van der Waals surface area (Å²) < 4.78 is 55.1. The molecule has 20 atom stereocenters. The van der Waals surface area contributed by atoms with E-state index < -0.39 is 165 Å². The van der Waals surface area contributed by atoms with E-state index in [1.165, 1.54) is 109 Å². The highest BCUT2D eigenvalue weighted by atomic mass is 32.7. The lowest BCUT2D eigenvalue weighted by Gasteiger charge is -2.38. The predicted molar refractivity (Wildman–Crippen MR) is 461 cm³/mol. The van der Waals surface area contributed by atoms with Crippen molar-refractivity contribution in [1.82, 2.24) is 9.97 Å². The highest BCUT2D eigenvalue weighted by molar-refractivity contribution is 8.44. The van der Waals surface area contributed by atoms with Gasteiger partial charge in [0.25, 0.3) is 23.4 Å². The fraction of sp³-hybridized carbons (Fsp3) is 0.419. The molecule has 32 heteroatoms. The van der Waals surface area contributed by atoms with Gasteiger partial charge in [0.2, 0.25) is 0 Å². The molecule has 2 amide bonds. The molecule has 0 fully saturated rings. The first-order valence-corrected chi connectivity index (χ1v) is 42.6. The van der Waals surface area contributed by atoms with E-state index in [0.717, 1.165) is 16.2 Å². The lowest BCUT2D eigenvalue weighted by molar-refractivity contribution is -0.161. The fourth-order valence-corrected chi connectivity index (χ4v) is 19.3. The van der Waals surface area contributed by atoms with E-state index in [-0.39, 0.29) is 93.6 Å². The molecule has 8 aromatic rings. The molecule has 0 saturated carbocycles. The molecular formula is C86H98N4O23P2S3. The van der Waals surface area contributed by atoms with E-state index in [4.69, 9.17) is 52.4 Å². The normalized spacial score (nSPS) is 30.1. The molecule has 0 saturated heterocycles. The molecule has 628 valence electrons. The molecule has 4 unspecified atom stereocenters. The zero-order valence-corrected chi connectivity index (χ0v) is 73.1. The molecule has 4 aliphatic heterocycles. The summed E-state index contributed by atoms with van der Waals surface area (Å²) in [5, 5.41) is 75.0. The molecule has 27 nitrogen and oxygen atoms in total. The zero-order chi connectivity index (χ0) is 86.5. The molecule has 6 aromatic carbocycles. The van der Waals surface area contributed by atoms with E-state index in [0.29, 0.717) is 30.9 Å². The molecule has 8 N–H and O–H groups in total. The number of aliphatic hydroxyl groups excluding tert-OH is 4. The van der Waals surface area contributed by atoms with Gasteiger partial charge < -0.3 is 83.7 Å². The van der Waals surface area contributed by atoms with Crippen molar-refractivity contribution in [3.8, 4) is 28.7 Å². The van der Waals surface area contributed by atoms with Crippen LogP contribution in [0, 0.1) is 61.2 Å². The third-order valence-corrected chi connectivity index (χ3v) is 26.8. The Morgan fingerprint density at radius 3 is 1.31 bits per heavy atom. The Morgan fingerprint density at radius 2 is 0.924 bits per heavy atom. The topological polar surface area (TPSA) is 391 Å². The number of esters is 2. The highest BCUT2D eigenvalue weighted by Crippen LogP contribution is 2.53. The molecule has 6 heterocycles. The van der Waals surface area contributed by atoms with Gasteiger partial charge in [-0.15, -0.1) is 34.1 Å². The number of amides is 2. The van der Waals surface area contributed by atoms with E-state index in [9.17, 15) is 69.0 Å². The minimum Gasteiger partial charge on any atom is -0.505 e. The maximum atomic E-state index is 14.7. The van der Waals surface area contributed by atoms with Gasteiger partial charge in [0.1, 0.15) is 46.3 Å². The summed E-state index contributed by atoms with van der Waals surface area (Å²) in [6.07, 6.45) is 7.54. The van der Waals surface area contributed by atoms with Gasteiger partial charge in [-0.2, -0.15) is 0 Å². The number of aromatic hydroxyl groups is 2. The molecule has 0 radical (unpaired) electrons. The number of Topliss-reactive ketones (excluding diaryl/α,β-unsaturated/α-hetero) is 2. The maximum Gasteiger partial charge on any atom is 0.312 e. The molecule has 2 aromatic heterocycles. The first-order valence-electron chi connectivity index (χ1n) is 38.3. The van der Waals surface area contributed by atoms with Crippen LogP contribution in [0.3, 0.4) is 0 Å². The summed E-state index contributed by atoms with van der Waals surface area (Å²) in [5.74, 6) is -13.4. The number of anilines is 2. The second-order valence-electron chi connectivity index (χ2n) is 30.9. The second kappa shape index (κ2) is 35.9. The van der Waals surface area contributed by atoms with E-state index in [1.54, 1.807) is 118 Å². The van der Waals surface area contributed by atoms with Crippen LogP contribution in [0.1, 0.15) is 129 Å². The fourth-order valence-electron chi connectivity index (χ4n) is 15.8. The summed E-state index contributed by atoms with van der Waals surface area (Å²) in [5.41, 5.74) is 0.289. The highest BCUT2D eigenvalue weighted by Gasteiger charge is 2.52. The van der Waals surface area contributed by atoms with Gasteiger partial charge in [-0.05, 0) is 64.1 Å². The number of benzene rings is 6. The van der Waals surface area contributed by atoms with Crippen molar-refractivity contribution in [3.05, 3.63) is 151 Å². The predicted octanol–water partition coefficient (Wildman–Crippen LogP) is 14.0. The van der Waals surface area contributed by atoms with Crippen LogP contribution in [-0.2, 0) is 47.6 Å². The third kappa shape index (κ3) is 16.8. The number of carbonyl (C=O) groups excluding carboxylic acids is 6. The minimum atomic E-state index is -2.01. The summed E-state index contributed by atoms with van der Waals surface area (Å²) >= 11 is 3.77. The molecule has 12 rings (SSSR count). The number of ether oxygens (including phenoxy) is 8. The van der Waals surface area contributed by atoms with Crippen LogP contribution in [0.2, 0.25) is 0 Å². The quantitative estimate of drug-likeness (QED) is 0.0252. The summed E-state index contributed by atoms with van der Waals surface area (Å²) in [7, 11) is 7.67. The first-order chi connectivity index (χ1) is 55.7. The smallest absolute Gasteiger partial charge is 0.312 e. The average molecular weight is 1710 g/mol. The van der Waals surface area contributed by atoms with Crippen LogP contribution >= 0.6 is 52.0 Å². The first kappa shape index (κ1) is 89.5. The van der Waals surface area contributed by atoms with Crippen molar-refractivity contribution < 1.29 is 102 Å². The lowest BCUT2D eigenvalue weighted by Crippen LogP contribution is -2.46. The summed E-state index contributed by atoms with van der Waals surface area (Å²) in [6.45, 7) is 25.3. The average Bonchev–Trinajstić information content (AvgIpc) is 1.47. The number of aromatic nitrogens is 2. The zero-order valence-electron chi connectivity index (χ0n) is 68.4. The van der Waals surface area contributed by atoms with Crippen LogP contribution in [0.4, 0.5) is 11.4 Å². The van der Waals surface area contributed by atoms with E-state index in [2.05, 4.69) is 28.5 Å². The standard InChI is InChI=1S/C43H49N2O12PS.C43H49N2O11PS2/c1-18-12-10-13-19(2)42(52)45-33-37(50)29-28(32-40(33)59-27-15-11-14-26(57-58)31(27)44-32)30-39(23(6)36(29)49)56-43(8,41(30)51)54-17-16-25(53-9)20(3)38(55-24(7)46)22(5)35(48)21(4)34(18)47;1-18-12-10-13-19(2)42(52)45-33-37(50)29-28(32-40(33)58-26-14-11-15-27(59-57)31(26)44-32)30-39(23(6)36(29)49)56-43(8,41(30)51)54-17-16-25(53-9)20(3)38(55-24(7)46)22(5)35(48)21(4)34(18)47/h10-18,20-22,25,34-35,38,47-48,50H,58H2,1-9H3,(H,45,52);10-18,20-22,25,34-35,38,47-48,50H,57H2,1-9H3,(H,45,52)/b2*12-10+,17-16+,19-13-/t2*18-,20+,21+,22+,25-,34-,35+,38+,43?/m00/s1. The number of phenols is 2. The number of aliphatic hydroxyl groups is 4. The minimum absolute atomic E-state index is 0.00528. The van der Waals surface area contributed by atoms with Crippen LogP contribution in [0.15, 0.2) is 123 Å². The Bertz CT molecular complexity index is 5380. The Balaban J connectivity index is 0.000000231. The van der Waals surface area contributed by atoms with Crippen LogP contribution in [0.5, 0.6) is 28.7 Å². The molecule has 8 bridgehead atoms. The number of phenolic OH excluding ortho intramolecular Hbond substituents is 2. The second-order valence-corrected chi connectivity index (χ2v) is 34.6. The van der Waals surface area contributed by atoms with Gasteiger partial charge in [-0.3, -0.25) is 38.4 Å². The SMILES string of the molecule is CO[C@H]1/C=C/OC2(C)Oc3c(C)c(=O)c4c(O)c(c5sc6cccc(OP)c6nc5c4c3C2=O)NC(=O)/C(C)=C\C=C\[C@H](C)[C@H](O)[C@@H](C)[C@@H](O)[C@@H](C)[C@H](OC(C)=O)[C@@H]1C.CO[C@H]1/C=C/OC2(C)Oc3c(C)c(=O)c4c(O)c(c5sc6cccc(SP)c6nc5c4c3C2=O)NC(=O)/C(C)=C\C=C\[C@H](C)[C@H](O)[C@@H](C)[C@@H](O)[C@@H](C)[C@H](OC(C)=O)[C@@H]1C. The number of fused-ring (bicyclic) bond motifs is 4. The Morgan fingerprint density at radius 1 is 0.534 bits per heavy atom. The number of ketones is 2. The van der Waals surface area contributed by atoms with Crippen molar-refractivity contribution in [3.63, 3.8) is 0 Å². The maximum absolute atomic E-state index is 14.7. The van der Waals surface area contributed by atoms with Crippen molar-refractivity contribution >= 4 is 161 Å². The number of nitrogens with one attached hydrogen (secondary N) is 2. The Kier molecular flexibility index (Phi) is 27.3. The number of para-hydroxylation sites is 2. The van der Waals surface area contributed by atoms with Crippen LogP contribution in [0.25, 0.3) is 62.4 Å². The van der Waals surface area contributed by atoms with E-state index in [1.807, 2.05) is 18.2 Å². The van der Waals surface area contributed by atoms with Crippen LogP contribution in [-0.4, -0.2) is 151 Å². The lowest BCUT2D eigenvalue weighted by atomic mass is 9.78. The Hall–Kier alpha value is -9.29. The largest absolute Gasteiger partial charge is 0.505 e. The number of carbonyl (C=O) groups is 6. The molecular weight excluding hydrogens is 1620 g/mol. The van der Waals surface area contributed by atoms with Crippen LogP contribution < -0.4 is 35.5 Å². The van der Waals surface area contributed by atoms with Crippen molar-refractivity contribution in [2.75, 3.05) is 24.9 Å². The van der Waals surface area contributed by atoms with E-state index >= 15 is 0 Å². The number of nitrogens with zero attached hydrogens (tertiary/aromatic N) is 2. The van der Waals surface area contributed by atoms with Gasteiger partial charge in [-0.1, -0.05) is 112 Å². The molecule has 118 heavy (non-hydrogen) atoms. The number of allylic oxidation sites excluding steroid dienone is 4. The monoisotopic (exact) mass is 1710 g/mol. The summed E-state index contributed by atoms with van der Waals surface area (Å²) in [4.78, 5) is 121. The molecule has 0 aliphatic carbocycles. The van der Waals surface area contributed by atoms with Gasteiger partial charge >= 0.3 is 23.5 Å². The van der Waals surface area contributed by atoms with Crippen molar-refractivity contribution in [2.45, 2.75) is 176 Å². The Labute approximate surface area is 697 Å². The van der Waals surface area contributed by atoms with Crippen molar-refractivity contribution in [1.29, 1.82) is 0 Å². The number of methoxy groups -OCH3 is 2. The summed E-state index contributed by atoms with van der Waals surface area (Å²) in [6, 6.07) is 10.8.